The van der Waals surface area contributed by atoms with E-state index in [9.17, 15) is 5.26 Å². The Hall–Kier alpha value is -3.32. The first-order valence-corrected chi connectivity index (χ1v) is 11.1. The Morgan fingerprint density at radius 2 is 1.80 bits per heavy atom. The zero-order valence-electron chi connectivity index (χ0n) is 17.5. The highest BCUT2D eigenvalue weighted by atomic mass is 15.1. The molecule has 5 rings (SSSR count). The molecule has 0 bridgehead atoms. The van der Waals surface area contributed by atoms with E-state index < -0.39 is 0 Å². The van der Waals surface area contributed by atoms with Crippen LogP contribution in [0, 0.1) is 11.3 Å². The minimum absolute atomic E-state index is 0.793. The van der Waals surface area contributed by atoms with E-state index in [1.54, 1.807) is 0 Å². The first-order valence-electron chi connectivity index (χ1n) is 11.1. The summed E-state index contributed by atoms with van der Waals surface area (Å²) < 4.78 is 2.21. The zero-order chi connectivity index (χ0) is 20.5. The Labute approximate surface area is 177 Å². The van der Waals surface area contributed by atoms with E-state index in [4.69, 9.17) is 0 Å². The summed E-state index contributed by atoms with van der Waals surface area (Å²) in [6.07, 6.45) is 7.84. The standard InChI is InChI=1S/C26H26N4/c1-2-3-8-18-13-15-19(16-14-18)28-25-21-10-5-4-9-20(21)22(17-27)26-29-23-11-6-7-12-24(23)30(25)26/h6-7,11-16H,2-5,8-10H2,1H3,(H,28,29)/p+1. The maximum absolute atomic E-state index is 10.00. The average molecular weight is 396 g/mol. The number of nitriles is 1. The Morgan fingerprint density at radius 3 is 2.57 bits per heavy atom. The molecule has 0 spiro atoms. The second-order valence-electron chi connectivity index (χ2n) is 8.25. The predicted octanol–water partition coefficient (Wildman–Crippen LogP) is 5.74. The van der Waals surface area contributed by atoms with E-state index in [2.05, 4.69) is 70.2 Å². The van der Waals surface area contributed by atoms with Gasteiger partial charge >= 0.3 is 0 Å². The van der Waals surface area contributed by atoms with Gasteiger partial charge in [0, 0.05) is 5.56 Å². The molecule has 1 aliphatic rings. The van der Waals surface area contributed by atoms with Crippen LogP contribution in [0.15, 0.2) is 48.5 Å². The number of aromatic amines is 1. The van der Waals surface area contributed by atoms with E-state index in [1.807, 2.05) is 6.07 Å². The lowest BCUT2D eigenvalue weighted by Crippen LogP contribution is -2.30. The van der Waals surface area contributed by atoms with Crippen LogP contribution in [-0.2, 0) is 19.3 Å². The van der Waals surface area contributed by atoms with Crippen LogP contribution in [0.4, 0.5) is 11.5 Å². The third-order valence-corrected chi connectivity index (χ3v) is 6.28. The molecule has 2 aromatic carbocycles. The van der Waals surface area contributed by atoms with Gasteiger partial charge in [-0.3, -0.25) is 10.3 Å². The monoisotopic (exact) mass is 395 g/mol. The van der Waals surface area contributed by atoms with Crippen molar-refractivity contribution in [2.45, 2.75) is 51.9 Å². The van der Waals surface area contributed by atoms with E-state index in [0.29, 0.717) is 0 Å². The van der Waals surface area contributed by atoms with Gasteiger partial charge in [-0.1, -0.05) is 37.6 Å². The molecule has 4 heteroatoms. The van der Waals surface area contributed by atoms with Crippen molar-refractivity contribution in [3.05, 3.63) is 70.8 Å². The normalized spacial score (nSPS) is 13.3. The smallest absolute Gasteiger partial charge is 0.250 e. The Morgan fingerprint density at radius 1 is 1.03 bits per heavy atom. The largest absolute Gasteiger partial charge is 0.273 e. The van der Waals surface area contributed by atoms with Crippen LogP contribution >= 0.6 is 0 Å². The molecular formula is C26H27N4+. The molecular weight excluding hydrogens is 368 g/mol. The van der Waals surface area contributed by atoms with Crippen molar-refractivity contribution < 1.29 is 4.40 Å². The number of hydrogen-bond acceptors (Lipinski definition) is 2. The highest BCUT2D eigenvalue weighted by Gasteiger charge is 2.28. The van der Waals surface area contributed by atoms with Crippen molar-refractivity contribution in [3.8, 4) is 6.07 Å². The molecule has 1 aliphatic carbocycles. The molecule has 0 fully saturated rings. The number of nitrogens with zero attached hydrogens (tertiary/aromatic N) is 2. The second kappa shape index (κ2) is 7.84. The highest BCUT2D eigenvalue weighted by Crippen LogP contribution is 2.33. The van der Waals surface area contributed by atoms with Gasteiger partial charge in [-0.25, -0.2) is 0 Å². The number of fused-ring (bicyclic) bond motifs is 4. The number of nitrogens with one attached hydrogen (secondary N) is 2. The van der Waals surface area contributed by atoms with Crippen molar-refractivity contribution in [2.75, 3.05) is 5.32 Å². The first-order chi connectivity index (χ1) is 14.8. The molecule has 0 atom stereocenters. The molecule has 0 saturated carbocycles. The van der Waals surface area contributed by atoms with Gasteiger partial charge in [0.15, 0.2) is 0 Å². The third kappa shape index (κ3) is 3.11. The molecule has 2 aromatic heterocycles. The van der Waals surface area contributed by atoms with Crippen molar-refractivity contribution in [1.82, 2.24) is 4.98 Å². The third-order valence-electron chi connectivity index (χ3n) is 6.28. The fourth-order valence-corrected chi connectivity index (χ4v) is 4.73. The van der Waals surface area contributed by atoms with Gasteiger partial charge < -0.3 is 0 Å². The number of hydrogen-bond donors (Lipinski definition) is 2. The molecule has 4 nitrogen and oxygen atoms in total. The van der Waals surface area contributed by atoms with Gasteiger partial charge in [-0.05, 0) is 73.9 Å². The van der Waals surface area contributed by atoms with E-state index >= 15 is 0 Å². The van der Waals surface area contributed by atoms with Crippen molar-refractivity contribution in [1.29, 1.82) is 5.26 Å². The minimum Gasteiger partial charge on any atom is -0.273 e. The van der Waals surface area contributed by atoms with Gasteiger partial charge in [-0.2, -0.15) is 9.66 Å². The summed E-state index contributed by atoms with van der Waals surface area (Å²) in [6, 6.07) is 19.6. The topological polar surface area (TPSA) is 55.7 Å². The van der Waals surface area contributed by atoms with Crippen molar-refractivity contribution >= 4 is 28.2 Å². The van der Waals surface area contributed by atoms with Gasteiger partial charge in [0.2, 0.25) is 11.5 Å². The molecule has 0 amide bonds. The molecule has 0 radical (unpaired) electrons. The predicted molar refractivity (Wildman–Crippen MR) is 121 cm³/mol. The summed E-state index contributed by atoms with van der Waals surface area (Å²) in [5, 5.41) is 13.7. The maximum atomic E-state index is 10.00. The summed E-state index contributed by atoms with van der Waals surface area (Å²) in [4.78, 5) is 3.51. The zero-order valence-corrected chi connectivity index (χ0v) is 17.5. The number of aryl methyl sites for hydroxylation is 1. The summed E-state index contributed by atoms with van der Waals surface area (Å²) in [5.41, 5.74) is 8.80. The fraction of sp³-hybridized carbons (Fsp3) is 0.308. The number of benzene rings is 2. The molecule has 2 heterocycles. The number of H-pyrrole nitrogens is 1. The molecule has 0 aliphatic heterocycles. The number of aromatic nitrogens is 2. The summed E-state index contributed by atoms with van der Waals surface area (Å²) >= 11 is 0. The van der Waals surface area contributed by atoms with E-state index in [-0.39, 0.29) is 0 Å². The van der Waals surface area contributed by atoms with E-state index in [0.717, 1.165) is 65.9 Å². The first kappa shape index (κ1) is 18.7. The van der Waals surface area contributed by atoms with E-state index in [1.165, 1.54) is 29.5 Å². The average Bonchev–Trinajstić information content (AvgIpc) is 3.18. The lowest BCUT2D eigenvalue weighted by molar-refractivity contribution is -0.465. The molecule has 150 valence electrons. The number of imidazole rings is 1. The van der Waals surface area contributed by atoms with Gasteiger partial charge in [0.25, 0.3) is 0 Å². The fourth-order valence-electron chi connectivity index (χ4n) is 4.73. The van der Waals surface area contributed by atoms with Crippen molar-refractivity contribution in [2.24, 2.45) is 0 Å². The van der Waals surface area contributed by atoms with Crippen LogP contribution in [0.1, 0.15) is 54.9 Å². The quantitative estimate of drug-likeness (QED) is 0.423. The van der Waals surface area contributed by atoms with Gasteiger partial charge in [-0.15, -0.1) is 0 Å². The van der Waals surface area contributed by atoms with Gasteiger partial charge in [0.05, 0.1) is 5.69 Å². The van der Waals surface area contributed by atoms with Crippen molar-refractivity contribution in [3.63, 3.8) is 0 Å². The molecule has 0 unspecified atom stereocenters. The highest BCUT2D eigenvalue weighted by molar-refractivity contribution is 5.79. The summed E-state index contributed by atoms with van der Waals surface area (Å²) in [6.45, 7) is 2.23. The second-order valence-corrected chi connectivity index (χ2v) is 8.25. The van der Waals surface area contributed by atoms with Crippen LogP contribution in [0.5, 0.6) is 0 Å². The van der Waals surface area contributed by atoms with Crippen LogP contribution in [-0.4, -0.2) is 4.98 Å². The van der Waals surface area contributed by atoms with Crippen LogP contribution < -0.4 is 9.72 Å². The Kier molecular flexibility index (Phi) is 4.88. The van der Waals surface area contributed by atoms with Crippen LogP contribution in [0.2, 0.25) is 0 Å². The van der Waals surface area contributed by atoms with Gasteiger partial charge in [0.1, 0.15) is 22.7 Å². The number of pyridine rings is 1. The number of para-hydroxylation sites is 2. The Balaban J connectivity index is 1.69. The lowest BCUT2D eigenvalue weighted by Gasteiger charge is -2.19. The minimum atomic E-state index is 0.793. The SMILES string of the molecule is CCCCc1ccc(Nc2c3c(c(C#N)c4[nH]c5ccccc5[n+]24)CCCC3)cc1. The molecule has 2 N–H and O–H groups in total. The van der Waals surface area contributed by atoms with Crippen LogP contribution in [0.3, 0.4) is 0 Å². The summed E-state index contributed by atoms with van der Waals surface area (Å²) in [5.74, 6) is 1.09. The molecule has 4 aromatic rings. The Bertz CT molecular complexity index is 1260. The maximum Gasteiger partial charge on any atom is 0.250 e. The van der Waals surface area contributed by atoms with Crippen LogP contribution in [0.25, 0.3) is 16.7 Å². The number of unbranched alkanes of at least 4 members (excludes halogenated alkanes) is 1. The lowest BCUT2D eigenvalue weighted by atomic mass is 9.89. The molecule has 30 heavy (non-hydrogen) atoms. The number of anilines is 2. The number of rotatable bonds is 5. The summed E-state index contributed by atoms with van der Waals surface area (Å²) in [7, 11) is 0. The molecule has 0 saturated heterocycles.